The number of aliphatic hydroxyl groups is 1. The smallest absolute Gasteiger partial charge is 0.462 e. The highest BCUT2D eigenvalue weighted by atomic mass is 31.2. The topological polar surface area (TPSA) is 237 Å². The lowest BCUT2D eigenvalue weighted by atomic mass is 10.00. The van der Waals surface area contributed by atoms with E-state index in [9.17, 15) is 43.2 Å². The number of phosphoric acid groups is 2. The van der Waals surface area contributed by atoms with E-state index in [2.05, 4.69) is 72.8 Å². The molecule has 0 bridgehead atoms. The lowest BCUT2D eigenvalue weighted by molar-refractivity contribution is -0.161. The summed E-state index contributed by atoms with van der Waals surface area (Å²) < 4.78 is 68.3. The summed E-state index contributed by atoms with van der Waals surface area (Å²) in [5.41, 5.74) is 0. The molecule has 0 aliphatic heterocycles. The van der Waals surface area contributed by atoms with Crippen molar-refractivity contribution in [2.24, 2.45) is 17.8 Å². The minimum absolute atomic E-state index is 0.0949. The summed E-state index contributed by atoms with van der Waals surface area (Å²) in [7, 11) is -9.92. The van der Waals surface area contributed by atoms with E-state index < -0.39 is 97.5 Å². The van der Waals surface area contributed by atoms with Crippen molar-refractivity contribution in [3.63, 3.8) is 0 Å². The van der Waals surface area contributed by atoms with Crippen LogP contribution in [0.2, 0.25) is 0 Å². The SMILES string of the molecule is CCCCCC/C=C\C=C/CCCCCCCC(=O)OC[C@H](COP(=O)(O)OC[C@@H](O)COP(=O)(O)OC[C@@H](COC(=O)CCCCCCCCC(C)CC)OC(=O)CCCCCCCCCCCCCCCCCCC(C)C)OC(=O)CCCCCCCCC(C)C. The average Bonchev–Trinajstić information content (AvgIpc) is 1.57. The van der Waals surface area contributed by atoms with E-state index >= 15 is 0 Å². The van der Waals surface area contributed by atoms with Crippen LogP contribution < -0.4 is 0 Å². The second-order valence-electron chi connectivity index (χ2n) is 27.2. The maximum atomic E-state index is 13.0. The highest BCUT2D eigenvalue weighted by Gasteiger charge is 2.30. The van der Waals surface area contributed by atoms with Gasteiger partial charge in [-0.1, -0.05) is 297 Å². The maximum Gasteiger partial charge on any atom is 0.472 e. The van der Waals surface area contributed by atoms with Crippen LogP contribution in [0, 0.1) is 17.8 Å². The first-order chi connectivity index (χ1) is 44.8. The standard InChI is InChI=1S/C74H140O17P2/c1-8-10-11-12-13-14-15-16-19-23-26-29-32-41-48-55-71(76)84-61-70(91-74(79)58-51-44-36-34-39-46-53-66(5)6)64-89-93(82,83)87-60-68(75)59-86-92(80,81)88-63-69(62-85-72(77)56-49-42-37-35-40-47-54-67(7)9-2)90-73(78)57-50-43-33-30-27-24-21-18-17-20-22-25-28-31-38-45-52-65(3)4/h14-16,19,65-70,75H,8-13,17-18,20-64H2,1-7H3,(H,80,81)(H,82,83)/b15-14-,19-16-/t67?,68-,69+,70+/m0/s1. The van der Waals surface area contributed by atoms with E-state index in [4.69, 9.17) is 37.0 Å². The number of aliphatic hydroxyl groups excluding tert-OH is 1. The van der Waals surface area contributed by atoms with E-state index in [1.165, 1.54) is 135 Å². The van der Waals surface area contributed by atoms with Gasteiger partial charge >= 0.3 is 39.5 Å². The molecule has 0 aliphatic rings. The van der Waals surface area contributed by atoms with Crippen LogP contribution in [0.5, 0.6) is 0 Å². The Morgan fingerprint density at radius 3 is 0.957 bits per heavy atom. The van der Waals surface area contributed by atoms with Gasteiger partial charge in [0.1, 0.15) is 19.3 Å². The van der Waals surface area contributed by atoms with Crippen molar-refractivity contribution in [2.75, 3.05) is 39.6 Å². The van der Waals surface area contributed by atoms with Crippen molar-refractivity contribution in [3.8, 4) is 0 Å². The van der Waals surface area contributed by atoms with E-state index in [0.717, 1.165) is 127 Å². The Hall–Kier alpha value is -2.46. The Balaban J connectivity index is 5.21. The Kier molecular flexibility index (Phi) is 62.5. The zero-order valence-electron chi connectivity index (χ0n) is 60.2. The van der Waals surface area contributed by atoms with Gasteiger partial charge in [0.05, 0.1) is 26.4 Å². The first-order valence-corrected chi connectivity index (χ1v) is 40.7. The van der Waals surface area contributed by atoms with E-state index in [1.807, 2.05) is 0 Å². The number of unbranched alkanes of at least 4 members (excludes halogenated alkanes) is 34. The second-order valence-corrected chi connectivity index (χ2v) is 30.1. The summed E-state index contributed by atoms with van der Waals surface area (Å²) in [5, 5.41) is 10.6. The normalized spacial score (nSPS) is 14.6. The minimum atomic E-state index is -4.96. The number of carbonyl (C=O) groups excluding carboxylic acids is 4. The number of rotatable bonds is 70. The van der Waals surface area contributed by atoms with Crippen LogP contribution in [0.4, 0.5) is 0 Å². The fraction of sp³-hybridized carbons (Fsp3) is 0.892. The zero-order chi connectivity index (χ0) is 68.7. The van der Waals surface area contributed by atoms with Gasteiger partial charge < -0.3 is 33.8 Å². The third-order valence-electron chi connectivity index (χ3n) is 16.9. The van der Waals surface area contributed by atoms with Crippen molar-refractivity contribution in [1.29, 1.82) is 0 Å². The number of phosphoric ester groups is 2. The van der Waals surface area contributed by atoms with Crippen LogP contribution in [0.15, 0.2) is 24.3 Å². The molecule has 0 amide bonds. The summed E-state index contributed by atoms with van der Waals surface area (Å²) >= 11 is 0. The van der Waals surface area contributed by atoms with Gasteiger partial charge in [0.2, 0.25) is 0 Å². The molecule has 0 rings (SSSR count). The molecule has 0 heterocycles. The number of esters is 4. The van der Waals surface area contributed by atoms with Crippen molar-refractivity contribution >= 4 is 39.5 Å². The van der Waals surface area contributed by atoms with Crippen LogP contribution in [0.3, 0.4) is 0 Å². The highest BCUT2D eigenvalue weighted by molar-refractivity contribution is 7.47. The number of carbonyl (C=O) groups is 4. The molecule has 0 spiro atoms. The van der Waals surface area contributed by atoms with Gasteiger partial charge in [0, 0.05) is 25.7 Å². The number of ether oxygens (including phenoxy) is 4. The second kappa shape index (κ2) is 64.2. The predicted molar refractivity (Wildman–Crippen MR) is 377 cm³/mol. The molecule has 0 aromatic rings. The molecule has 0 saturated heterocycles. The van der Waals surface area contributed by atoms with Gasteiger partial charge in [0.25, 0.3) is 0 Å². The summed E-state index contributed by atoms with van der Waals surface area (Å²) in [4.78, 5) is 72.6. The third-order valence-corrected chi connectivity index (χ3v) is 18.8. The highest BCUT2D eigenvalue weighted by Crippen LogP contribution is 2.45. The predicted octanol–water partition coefficient (Wildman–Crippen LogP) is 21.0. The first kappa shape index (κ1) is 90.5. The van der Waals surface area contributed by atoms with Gasteiger partial charge in [-0.05, 0) is 69.1 Å². The van der Waals surface area contributed by atoms with Gasteiger partial charge in [-0.25, -0.2) is 9.13 Å². The molecule has 0 aromatic heterocycles. The zero-order valence-corrected chi connectivity index (χ0v) is 62.0. The lowest BCUT2D eigenvalue weighted by Crippen LogP contribution is -2.30. The Morgan fingerprint density at radius 1 is 0.355 bits per heavy atom. The average molecular weight is 1360 g/mol. The van der Waals surface area contributed by atoms with Gasteiger partial charge in [-0.15, -0.1) is 0 Å². The van der Waals surface area contributed by atoms with Crippen molar-refractivity contribution < 1.29 is 80.2 Å². The molecule has 93 heavy (non-hydrogen) atoms. The quantitative estimate of drug-likeness (QED) is 0.0169. The van der Waals surface area contributed by atoms with Crippen molar-refractivity contribution in [3.05, 3.63) is 24.3 Å². The molecule has 0 aliphatic carbocycles. The van der Waals surface area contributed by atoms with Crippen LogP contribution in [-0.2, 0) is 65.4 Å². The molecule has 0 saturated carbocycles. The van der Waals surface area contributed by atoms with Crippen molar-refractivity contribution in [2.45, 2.75) is 369 Å². The van der Waals surface area contributed by atoms with E-state index in [0.29, 0.717) is 31.6 Å². The first-order valence-electron chi connectivity index (χ1n) is 37.7. The molecular formula is C74H140O17P2. The Labute approximate surface area is 567 Å². The minimum Gasteiger partial charge on any atom is -0.462 e. The van der Waals surface area contributed by atoms with E-state index in [1.54, 1.807) is 0 Å². The molecular weight excluding hydrogens is 1220 g/mol. The molecule has 0 radical (unpaired) electrons. The van der Waals surface area contributed by atoms with Crippen LogP contribution in [0.1, 0.15) is 350 Å². The summed E-state index contributed by atoms with van der Waals surface area (Å²) in [6.45, 7) is 11.7. The molecule has 0 fully saturated rings. The Morgan fingerprint density at radius 2 is 0.634 bits per heavy atom. The molecule has 17 nitrogen and oxygen atoms in total. The van der Waals surface area contributed by atoms with Crippen LogP contribution >= 0.6 is 15.6 Å². The molecule has 548 valence electrons. The molecule has 3 unspecified atom stereocenters. The van der Waals surface area contributed by atoms with Gasteiger partial charge in [-0.3, -0.25) is 37.3 Å². The molecule has 3 N–H and O–H groups in total. The fourth-order valence-corrected chi connectivity index (χ4v) is 12.3. The van der Waals surface area contributed by atoms with E-state index in [-0.39, 0.29) is 25.7 Å². The number of allylic oxidation sites excluding steroid dienone is 4. The maximum absolute atomic E-state index is 13.0. The summed E-state index contributed by atoms with van der Waals surface area (Å²) in [5.74, 6) is 0.0452. The van der Waals surface area contributed by atoms with Crippen LogP contribution in [0.25, 0.3) is 0 Å². The summed E-state index contributed by atoms with van der Waals surface area (Å²) in [6, 6.07) is 0. The van der Waals surface area contributed by atoms with Gasteiger partial charge in [-0.2, -0.15) is 0 Å². The monoisotopic (exact) mass is 1360 g/mol. The van der Waals surface area contributed by atoms with Crippen LogP contribution in [-0.4, -0.2) is 96.7 Å². The number of hydrogen-bond acceptors (Lipinski definition) is 15. The third kappa shape index (κ3) is 66.6. The molecule has 0 aromatic carbocycles. The summed E-state index contributed by atoms with van der Waals surface area (Å²) in [6.07, 6.45) is 52.5. The van der Waals surface area contributed by atoms with Gasteiger partial charge in [0.15, 0.2) is 12.2 Å². The largest absolute Gasteiger partial charge is 0.472 e. The lowest BCUT2D eigenvalue weighted by Gasteiger charge is -2.21. The molecule has 19 heteroatoms. The molecule has 6 atom stereocenters. The van der Waals surface area contributed by atoms with Crippen molar-refractivity contribution in [1.82, 2.24) is 0 Å². The Bertz CT molecular complexity index is 1910. The number of hydrogen-bond donors (Lipinski definition) is 3. The fourth-order valence-electron chi connectivity index (χ4n) is 10.7.